The summed E-state index contributed by atoms with van der Waals surface area (Å²) < 4.78 is 1.19. The van der Waals surface area contributed by atoms with Crippen molar-refractivity contribution in [3.8, 4) is 22.3 Å². The second-order valence-corrected chi connectivity index (χ2v) is 57.3. The molecular weight excluding hydrogens is 899 g/mol. The van der Waals surface area contributed by atoms with Gasteiger partial charge < -0.3 is 0 Å². The number of fused-ring (bicyclic) bond motifs is 6. The van der Waals surface area contributed by atoms with E-state index in [9.17, 15) is 17.0 Å². The van der Waals surface area contributed by atoms with E-state index in [4.69, 9.17) is 0 Å². The van der Waals surface area contributed by atoms with Gasteiger partial charge in [0, 0.05) is 0 Å². The predicted molar refractivity (Wildman–Crippen MR) is 275 cm³/mol. The third-order valence-electron chi connectivity index (χ3n) is 14.3. The summed E-state index contributed by atoms with van der Waals surface area (Å²) in [5, 5.41) is 7.68. The molecule has 0 saturated carbocycles. The maximum absolute atomic E-state index is 9.65. The van der Waals surface area contributed by atoms with E-state index in [2.05, 4.69) is 218 Å². The van der Waals surface area contributed by atoms with Crippen LogP contribution < -0.4 is 13.6 Å². The summed E-state index contributed by atoms with van der Waals surface area (Å²) in [7, 11) is 19.3. The van der Waals surface area contributed by atoms with Gasteiger partial charge in [-0.15, -0.1) is 0 Å². The van der Waals surface area contributed by atoms with Gasteiger partial charge in [-0.1, -0.05) is 0 Å². The first-order valence-electron chi connectivity index (χ1n) is 22.9. The van der Waals surface area contributed by atoms with E-state index in [1.54, 1.807) is 0 Å². The zero-order valence-corrected chi connectivity index (χ0v) is 42.8. The number of hydrogen-bond acceptors (Lipinski definition) is 0. The summed E-state index contributed by atoms with van der Waals surface area (Å²) in [5.41, 5.74) is 14.4. The van der Waals surface area contributed by atoms with Crippen LogP contribution in [0, 0.1) is 0 Å². The molecule has 63 heavy (non-hydrogen) atoms. The van der Waals surface area contributed by atoms with Gasteiger partial charge >= 0.3 is 387 Å². The molecule has 0 aliphatic heterocycles. The molecule has 4 heteroatoms. The van der Waals surface area contributed by atoms with Crippen molar-refractivity contribution in [2.45, 2.75) is 82.2 Å². The molecule has 2 aliphatic carbocycles. The summed E-state index contributed by atoms with van der Waals surface area (Å²) in [6.07, 6.45) is 5.32. The van der Waals surface area contributed by atoms with Gasteiger partial charge in [-0.05, 0) is 0 Å². The molecule has 0 nitrogen and oxygen atoms in total. The second kappa shape index (κ2) is 15.7. The molecular formula is C59H57Cl2SiZr. The summed E-state index contributed by atoms with van der Waals surface area (Å²) >= 11 is -5.81. The molecule has 0 spiro atoms. The summed E-state index contributed by atoms with van der Waals surface area (Å²) in [6, 6.07) is 61.7. The van der Waals surface area contributed by atoms with Crippen LogP contribution in [0.2, 0.25) is 0 Å². The van der Waals surface area contributed by atoms with E-state index in [0.29, 0.717) is 0 Å². The molecule has 315 valence electrons. The Labute approximate surface area is 383 Å². The SMILES string of the molecule is CCCC1=Cc2c(-c3c4ccccc4cc4ccccc34)cccc2[CH]1[Zr]([Cl])([Cl])([c]1c(C(C)(C)C)ccc2c1Cc1cc(C(C)(C)C)ccc1-2)[SiH](c1ccccc1)c1ccccc1. The first kappa shape index (κ1) is 42.6. The van der Waals surface area contributed by atoms with Gasteiger partial charge in [-0.2, -0.15) is 0 Å². The van der Waals surface area contributed by atoms with Gasteiger partial charge in [0.25, 0.3) is 0 Å². The van der Waals surface area contributed by atoms with Crippen molar-refractivity contribution >= 4 is 64.2 Å². The van der Waals surface area contributed by atoms with Crippen LogP contribution in [0.1, 0.15) is 98.3 Å². The maximum atomic E-state index is 9.65. The number of rotatable bonds is 8. The van der Waals surface area contributed by atoms with Crippen molar-refractivity contribution in [2.75, 3.05) is 0 Å². The van der Waals surface area contributed by atoms with Crippen LogP contribution in [0.15, 0.2) is 169 Å². The van der Waals surface area contributed by atoms with Gasteiger partial charge in [0.15, 0.2) is 0 Å². The van der Waals surface area contributed by atoms with Crippen LogP contribution in [0.4, 0.5) is 0 Å². The molecule has 2 aliphatic rings. The number of halogens is 2. The van der Waals surface area contributed by atoms with E-state index in [1.165, 1.54) is 96.4 Å². The Hall–Kier alpha value is -4.30. The molecule has 8 aromatic carbocycles. The normalized spacial score (nSPS) is 15.6. The van der Waals surface area contributed by atoms with Gasteiger partial charge in [-0.3, -0.25) is 0 Å². The Morgan fingerprint density at radius 3 is 1.76 bits per heavy atom. The van der Waals surface area contributed by atoms with Crippen LogP contribution in [-0.2, 0) is 32.8 Å². The van der Waals surface area contributed by atoms with E-state index < -0.39 is 21.5 Å². The molecule has 0 radical (unpaired) electrons. The van der Waals surface area contributed by atoms with Gasteiger partial charge in [0.05, 0.1) is 0 Å². The fraction of sp³-hybridized carbons (Fsp3) is 0.220. The van der Waals surface area contributed by atoms with Crippen molar-refractivity contribution in [3.63, 3.8) is 0 Å². The number of benzene rings is 8. The molecule has 8 aromatic rings. The number of hydrogen-bond donors (Lipinski definition) is 0. The molecule has 0 fully saturated rings. The molecule has 0 amide bonds. The van der Waals surface area contributed by atoms with Crippen LogP contribution in [0.25, 0.3) is 49.9 Å². The Balaban J connectivity index is 1.35. The second-order valence-electron chi connectivity index (χ2n) is 20.4. The van der Waals surface area contributed by atoms with E-state index in [1.807, 2.05) is 0 Å². The molecule has 10 rings (SSSR count). The van der Waals surface area contributed by atoms with Crippen molar-refractivity contribution in [1.29, 1.82) is 0 Å². The molecule has 0 aromatic heterocycles. The number of allylic oxidation sites excluding steroid dienone is 1. The Morgan fingerprint density at radius 1 is 0.587 bits per heavy atom. The van der Waals surface area contributed by atoms with Gasteiger partial charge in [0.1, 0.15) is 0 Å². The summed E-state index contributed by atoms with van der Waals surface area (Å²) in [6.45, 7) is 16.4. The molecule has 0 N–H and O–H groups in total. The average molecular weight is 956 g/mol. The Kier molecular flexibility index (Phi) is 10.6. The average Bonchev–Trinajstić information content (AvgIpc) is 3.84. The summed E-state index contributed by atoms with van der Waals surface area (Å²) in [4.78, 5) is 0. The predicted octanol–water partition coefficient (Wildman–Crippen LogP) is 14.9. The first-order valence-corrected chi connectivity index (χ1v) is 37.9. The molecule has 0 bridgehead atoms. The fourth-order valence-electron chi connectivity index (χ4n) is 11.6. The molecule has 0 heterocycles. The van der Waals surface area contributed by atoms with Gasteiger partial charge in [-0.25, -0.2) is 0 Å². The van der Waals surface area contributed by atoms with Crippen LogP contribution in [0.3, 0.4) is 0 Å². The molecule has 0 saturated heterocycles. The minimum atomic E-state index is -5.81. The monoisotopic (exact) mass is 953 g/mol. The van der Waals surface area contributed by atoms with E-state index in [0.717, 1.165) is 19.3 Å². The van der Waals surface area contributed by atoms with Crippen molar-refractivity contribution in [2.24, 2.45) is 0 Å². The first-order chi connectivity index (χ1) is 30.2. The van der Waals surface area contributed by atoms with Crippen molar-refractivity contribution in [1.82, 2.24) is 0 Å². The zero-order valence-electron chi connectivity index (χ0n) is 37.7. The molecule has 1 atom stereocenters. The Morgan fingerprint density at radius 2 is 1.17 bits per heavy atom. The van der Waals surface area contributed by atoms with Crippen LogP contribution in [0.5, 0.6) is 0 Å². The third kappa shape index (κ3) is 6.93. The minimum absolute atomic E-state index is 0.0332. The van der Waals surface area contributed by atoms with Gasteiger partial charge in [0.2, 0.25) is 0 Å². The van der Waals surface area contributed by atoms with Crippen LogP contribution >= 0.6 is 17.0 Å². The zero-order chi connectivity index (χ0) is 43.9. The van der Waals surface area contributed by atoms with Crippen molar-refractivity contribution in [3.05, 3.63) is 203 Å². The summed E-state index contributed by atoms with van der Waals surface area (Å²) in [5.74, 6) is -2.54. The quantitative estimate of drug-likeness (QED) is 0.105. The van der Waals surface area contributed by atoms with E-state index in [-0.39, 0.29) is 14.5 Å². The standard InChI is InChI=1S/C26H21.C21H25.C12H11Si.2ClH.Zr/c1-2-8-18-15-19-11-7-14-24(25(19)16-18)26-22-12-5-3-9-20(22)17-21-10-4-6-13-23(21)26;1-20(2,3)16-7-9-18-14(12-16)11-15-13-17(21(4,5)6)8-10-19(15)18;1-3-7-11(8-4-1)13-12-9-5-2-6-10-12;;;/h3-7,9-17H,2,8H2,1H3;7-10,12H,11H2,1-6H3;1-10,13H;2*1H;/q;;;;;+2/p-2. The van der Waals surface area contributed by atoms with E-state index >= 15 is 0 Å². The molecule has 1 unspecified atom stereocenters. The fourth-order valence-corrected chi connectivity index (χ4v) is 59.6. The topological polar surface area (TPSA) is 0 Å². The Bertz CT molecular complexity index is 3020. The van der Waals surface area contributed by atoms with Crippen LogP contribution in [-0.4, -0.2) is 5.92 Å². The third-order valence-corrected chi connectivity index (χ3v) is 54.4. The van der Waals surface area contributed by atoms with Crippen molar-refractivity contribution < 1.29 is 15.6 Å².